The second-order valence-corrected chi connectivity index (χ2v) is 4.36. The lowest BCUT2D eigenvalue weighted by atomic mass is 10.1. The van der Waals surface area contributed by atoms with Crippen molar-refractivity contribution >= 4 is 11.5 Å². The van der Waals surface area contributed by atoms with Crippen molar-refractivity contribution < 1.29 is 19.8 Å². The minimum atomic E-state index is -0.642. The number of amidine groups is 1. The Morgan fingerprint density at radius 1 is 1.45 bits per heavy atom. The van der Waals surface area contributed by atoms with Crippen molar-refractivity contribution in [2.75, 3.05) is 39.3 Å². The second kappa shape index (κ2) is 7.56. The highest BCUT2D eigenvalue weighted by Crippen LogP contribution is 2.25. The number of nitrogens with two attached hydrogens (primary N) is 1. The van der Waals surface area contributed by atoms with Gasteiger partial charge in [0.15, 0.2) is 5.84 Å². The molecule has 0 aromatic heterocycles. The molecule has 0 saturated heterocycles. The van der Waals surface area contributed by atoms with E-state index in [-0.39, 0.29) is 12.4 Å². The number of hydrogen-bond acceptors (Lipinski definition) is 6. The molecular weight excluding hydrogens is 262 g/mol. The van der Waals surface area contributed by atoms with Crippen LogP contribution in [0.25, 0.3) is 0 Å². The van der Waals surface area contributed by atoms with Crippen LogP contribution in [0.5, 0.6) is 5.75 Å². The van der Waals surface area contributed by atoms with E-state index in [0.29, 0.717) is 23.5 Å². The zero-order chi connectivity index (χ0) is 15.1. The van der Waals surface area contributed by atoms with Crippen LogP contribution in [-0.4, -0.2) is 56.7 Å². The number of oxime groups is 1. The van der Waals surface area contributed by atoms with E-state index in [0.717, 1.165) is 0 Å². The van der Waals surface area contributed by atoms with E-state index < -0.39 is 6.10 Å². The van der Waals surface area contributed by atoms with Crippen LogP contribution in [0.3, 0.4) is 0 Å². The first-order chi connectivity index (χ1) is 9.53. The Kier molecular flexibility index (Phi) is 6.08. The van der Waals surface area contributed by atoms with Gasteiger partial charge < -0.3 is 30.4 Å². The number of aliphatic hydroxyl groups excluding tert-OH is 1. The van der Waals surface area contributed by atoms with Gasteiger partial charge in [-0.3, -0.25) is 0 Å². The summed E-state index contributed by atoms with van der Waals surface area (Å²) in [6, 6.07) is 5.17. The van der Waals surface area contributed by atoms with Crippen LogP contribution in [0.4, 0.5) is 5.69 Å². The first-order valence-corrected chi connectivity index (χ1v) is 6.07. The van der Waals surface area contributed by atoms with Gasteiger partial charge in [0.25, 0.3) is 0 Å². The Morgan fingerprint density at radius 3 is 2.70 bits per heavy atom. The largest absolute Gasteiger partial charge is 0.497 e. The van der Waals surface area contributed by atoms with Gasteiger partial charge in [-0.2, -0.15) is 0 Å². The second-order valence-electron chi connectivity index (χ2n) is 4.36. The average Bonchev–Trinajstić information content (AvgIpc) is 2.45. The first-order valence-electron chi connectivity index (χ1n) is 6.07. The van der Waals surface area contributed by atoms with Crippen LogP contribution in [0.1, 0.15) is 5.56 Å². The predicted octanol–water partition coefficient (Wildman–Crippen LogP) is 0.233. The van der Waals surface area contributed by atoms with Crippen LogP contribution < -0.4 is 15.4 Å². The third kappa shape index (κ3) is 4.01. The molecule has 0 heterocycles. The molecule has 1 aromatic carbocycles. The molecule has 0 fully saturated rings. The fraction of sp³-hybridized carbons (Fsp3) is 0.462. The van der Waals surface area contributed by atoms with Gasteiger partial charge in [0.05, 0.1) is 25.5 Å². The Balaban J connectivity index is 3.06. The van der Waals surface area contributed by atoms with Crippen molar-refractivity contribution in [3.8, 4) is 5.75 Å². The Morgan fingerprint density at radius 2 is 2.15 bits per heavy atom. The van der Waals surface area contributed by atoms with Crippen LogP contribution in [0.15, 0.2) is 23.4 Å². The average molecular weight is 283 g/mol. The number of nitrogens with zero attached hydrogens (tertiary/aromatic N) is 2. The topological polar surface area (TPSA) is 101 Å². The van der Waals surface area contributed by atoms with Crippen molar-refractivity contribution in [1.29, 1.82) is 0 Å². The van der Waals surface area contributed by atoms with Gasteiger partial charge in [-0.25, -0.2) is 0 Å². The number of ether oxygens (including phenoxy) is 2. The number of aliphatic hydroxyl groups is 1. The summed E-state index contributed by atoms with van der Waals surface area (Å²) in [5.41, 5.74) is 6.90. The van der Waals surface area contributed by atoms with Crippen LogP contribution in [-0.2, 0) is 4.74 Å². The van der Waals surface area contributed by atoms with Gasteiger partial charge in [-0.05, 0) is 12.1 Å². The summed E-state index contributed by atoms with van der Waals surface area (Å²) in [5, 5.41) is 21.6. The minimum absolute atomic E-state index is 0.00395. The van der Waals surface area contributed by atoms with Crippen LogP contribution in [0.2, 0.25) is 0 Å². The number of hydrogen-bond donors (Lipinski definition) is 3. The SMILES string of the molecule is COCC(O)CN(C)c1cc(OC)ccc1/C(N)=N/O. The molecule has 20 heavy (non-hydrogen) atoms. The monoisotopic (exact) mass is 283 g/mol. The van der Waals surface area contributed by atoms with E-state index in [4.69, 9.17) is 20.4 Å². The Bertz CT molecular complexity index is 465. The lowest BCUT2D eigenvalue weighted by Gasteiger charge is -2.25. The minimum Gasteiger partial charge on any atom is -0.497 e. The van der Waals surface area contributed by atoms with Crippen molar-refractivity contribution in [1.82, 2.24) is 0 Å². The highest BCUT2D eigenvalue weighted by atomic mass is 16.5. The number of benzene rings is 1. The number of methoxy groups -OCH3 is 2. The molecule has 7 heteroatoms. The smallest absolute Gasteiger partial charge is 0.172 e. The van der Waals surface area contributed by atoms with Crippen molar-refractivity contribution in [2.24, 2.45) is 10.9 Å². The zero-order valence-electron chi connectivity index (χ0n) is 11.9. The van der Waals surface area contributed by atoms with Gasteiger partial charge in [-0.15, -0.1) is 0 Å². The van der Waals surface area contributed by atoms with Crippen molar-refractivity contribution in [2.45, 2.75) is 6.10 Å². The molecule has 0 aliphatic carbocycles. The van der Waals surface area contributed by atoms with Crippen LogP contribution in [0, 0.1) is 0 Å². The summed E-state index contributed by atoms with van der Waals surface area (Å²) in [5.74, 6) is 0.637. The molecule has 4 N–H and O–H groups in total. The molecule has 1 unspecified atom stereocenters. The quantitative estimate of drug-likeness (QED) is 0.287. The molecular formula is C13H21N3O4. The van der Waals surface area contributed by atoms with E-state index >= 15 is 0 Å². The molecule has 112 valence electrons. The highest BCUT2D eigenvalue weighted by Gasteiger charge is 2.15. The standard InChI is InChI=1S/C13H21N3O4/c1-16(7-9(17)8-19-2)12-6-10(20-3)4-5-11(12)13(14)15-18/h4-6,9,17-18H,7-8H2,1-3H3,(H2,14,15). The van der Waals surface area contributed by atoms with Crippen molar-refractivity contribution in [3.05, 3.63) is 23.8 Å². The highest BCUT2D eigenvalue weighted by molar-refractivity contribution is 6.02. The number of anilines is 1. The summed E-state index contributed by atoms with van der Waals surface area (Å²) in [7, 11) is 4.88. The van der Waals surface area contributed by atoms with Gasteiger partial charge in [-0.1, -0.05) is 5.16 Å². The molecule has 0 aliphatic heterocycles. The van der Waals surface area contributed by atoms with Gasteiger partial charge >= 0.3 is 0 Å². The molecule has 0 amide bonds. The third-order valence-electron chi connectivity index (χ3n) is 2.84. The molecule has 0 spiro atoms. The maximum Gasteiger partial charge on any atom is 0.172 e. The maximum atomic E-state index is 9.79. The fourth-order valence-electron chi connectivity index (χ4n) is 1.88. The predicted molar refractivity (Wildman–Crippen MR) is 76.7 cm³/mol. The molecule has 0 saturated carbocycles. The molecule has 1 atom stereocenters. The first kappa shape index (κ1) is 16.1. The third-order valence-corrected chi connectivity index (χ3v) is 2.84. The molecule has 1 aromatic rings. The normalized spacial score (nSPS) is 13.1. The molecule has 7 nitrogen and oxygen atoms in total. The molecule has 0 aliphatic rings. The van der Waals surface area contributed by atoms with Gasteiger partial charge in [0.1, 0.15) is 5.75 Å². The number of likely N-dealkylation sites (N-methyl/N-ethyl adjacent to an activating group) is 1. The summed E-state index contributed by atoms with van der Waals surface area (Å²) in [4.78, 5) is 1.79. The van der Waals surface area contributed by atoms with Gasteiger partial charge in [0, 0.05) is 32.3 Å². The lowest BCUT2D eigenvalue weighted by molar-refractivity contribution is 0.0695. The Labute approximate surface area is 118 Å². The zero-order valence-corrected chi connectivity index (χ0v) is 11.9. The lowest BCUT2D eigenvalue weighted by Crippen LogP contribution is -2.33. The molecule has 1 rings (SSSR count). The maximum absolute atomic E-state index is 9.79. The van der Waals surface area contributed by atoms with Crippen molar-refractivity contribution in [3.63, 3.8) is 0 Å². The van der Waals surface area contributed by atoms with E-state index in [1.807, 2.05) is 0 Å². The van der Waals surface area contributed by atoms with Crippen LogP contribution >= 0.6 is 0 Å². The van der Waals surface area contributed by atoms with E-state index in [9.17, 15) is 5.11 Å². The summed E-state index contributed by atoms with van der Waals surface area (Å²) in [6.45, 7) is 0.569. The Hall–Kier alpha value is -1.99. The van der Waals surface area contributed by atoms with Gasteiger partial charge in [0.2, 0.25) is 0 Å². The summed E-state index contributed by atoms with van der Waals surface area (Å²) >= 11 is 0. The molecule has 0 radical (unpaired) electrons. The van der Waals surface area contributed by atoms with E-state index in [2.05, 4.69) is 5.16 Å². The summed E-state index contributed by atoms with van der Waals surface area (Å²) in [6.07, 6.45) is -0.642. The molecule has 0 bridgehead atoms. The van der Waals surface area contributed by atoms with E-state index in [1.165, 1.54) is 7.11 Å². The van der Waals surface area contributed by atoms with E-state index in [1.54, 1.807) is 37.3 Å². The fourth-order valence-corrected chi connectivity index (χ4v) is 1.88. The number of rotatable bonds is 7. The summed E-state index contributed by atoms with van der Waals surface area (Å²) < 4.78 is 10.1.